The number of hydrogen-bond acceptors (Lipinski definition) is 4. The van der Waals surface area contributed by atoms with E-state index >= 15 is 0 Å². The summed E-state index contributed by atoms with van der Waals surface area (Å²) >= 11 is 0. The van der Waals surface area contributed by atoms with Gasteiger partial charge in [0.1, 0.15) is 6.54 Å². The maximum absolute atomic E-state index is 12.0. The Kier molecular flexibility index (Phi) is 8.14. The molecule has 1 saturated carbocycles. The van der Waals surface area contributed by atoms with Crippen LogP contribution in [0, 0.1) is 5.92 Å². The molecule has 2 fully saturated rings. The normalized spacial score (nSPS) is 19.1. The molecule has 1 saturated heterocycles. The lowest BCUT2D eigenvalue weighted by Crippen LogP contribution is -2.47. The topological polar surface area (TPSA) is 72.9 Å². The smallest absolute Gasteiger partial charge is 0.243 e. The first-order valence-electron chi connectivity index (χ1n) is 11.0. The molecule has 0 spiro atoms. The third kappa shape index (κ3) is 6.91. The molecule has 160 valence electrons. The molecule has 0 bridgehead atoms. The van der Waals surface area contributed by atoms with Crippen LogP contribution >= 0.6 is 0 Å². The highest BCUT2D eigenvalue weighted by Crippen LogP contribution is 2.22. The molecule has 2 heterocycles. The number of carbonyl (C=O) groups excluding carboxylic acids is 1. The maximum atomic E-state index is 12.0. The van der Waals surface area contributed by atoms with Crippen LogP contribution in [0.1, 0.15) is 44.9 Å². The summed E-state index contributed by atoms with van der Waals surface area (Å²) in [7, 11) is 3.55. The summed E-state index contributed by atoms with van der Waals surface area (Å²) in [6, 6.07) is 4.64. The number of aromatic nitrogens is 1. The molecule has 0 unspecified atom stereocenters. The largest absolute Gasteiger partial charge is 0.371 e. The molecule has 7 heteroatoms. The number of amides is 1. The van der Waals surface area contributed by atoms with E-state index in [2.05, 4.69) is 37.6 Å². The molecule has 0 atom stereocenters. The molecular weight excluding hydrogens is 364 g/mol. The van der Waals surface area contributed by atoms with E-state index in [0.717, 1.165) is 38.4 Å². The fourth-order valence-corrected chi connectivity index (χ4v) is 4.07. The third-order valence-corrected chi connectivity index (χ3v) is 6.02. The standard InChI is InChI=1S/C22H36N6O/c1-27(2)21(29)17-25-22(26-19-6-4-3-5-7-19)24-16-18-10-14-28(15-11-18)20-8-12-23-13-9-20/h8-9,12-13,18-19H,3-7,10-11,14-17H2,1-2H3,(H2,24,25,26). The van der Waals surface area contributed by atoms with Crippen LogP contribution in [-0.2, 0) is 4.79 Å². The van der Waals surface area contributed by atoms with Crippen LogP contribution in [0.3, 0.4) is 0 Å². The van der Waals surface area contributed by atoms with Crippen LogP contribution in [0.25, 0.3) is 0 Å². The minimum Gasteiger partial charge on any atom is -0.371 e. The van der Waals surface area contributed by atoms with E-state index < -0.39 is 0 Å². The fraction of sp³-hybridized carbons (Fsp3) is 0.682. The van der Waals surface area contributed by atoms with Gasteiger partial charge in [-0.25, -0.2) is 4.99 Å². The fourth-order valence-electron chi connectivity index (χ4n) is 4.07. The van der Waals surface area contributed by atoms with Crippen LogP contribution in [0.15, 0.2) is 29.5 Å². The lowest BCUT2D eigenvalue weighted by Gasteiger charge is -2.34. The maximum Gasteiger partial charge on any atom is 0.243 e. The molecule has 29 heavy (non-hydrogen) atoms. The number of hydrogen-bond donors (Lipinski definition) is 2. The summed E-state index contributed by atoms with van der Waals surface area (Å²) in [5, 5.41) is 7.10. The number of pyridine rings is 1. The van der Waals surface area contributed by atoms with Crippen molar-refractivity contribution in [3.63, 3.8) is 0 Å². The number of piperidine rings is 1. The van der Waals surface area contributed by atoms with E-state index in [9.17, 15) is 4.79 Å². The molecule has 2 N–H and O–H groups in total. The van der Waals surface area contributed by atoms with E-state index in [-0.39, 0.29) is 12.5 Å². The Hall–Kier alpha value is -2.31. The highest BCUT2D eigenvalue weighted by molar-refractivity contribution is 5.84. The summed E-state index contributed by atoms with van der Waals surface area (Å²) in [6.45, 7) is 3.23. The van der Waals surface area contributed by atoms with E-state index in [1.165, 1.54) is 37.8 Å². The van der Waals surface area contributed by atoms with Crippen molar-refractivity contribution in [2.24, 2.45) is 10.9 Å². The zero-order chi connectivity index (χ0) is 20.5. The molecule has 1 aliphatic heterocycles. The van der Waals surface area contributed by atoms with Crippen molar-refractivity contribution in [3.05, 3.63) is 24.5 Å². The van der Waals surface area contributed by atoms with E-state index in [1.807, 2.05) is 12.4 Å². The summed E-state index contributed by atoms with van der Waals surface area (Å²) < 4.78 is 0. The molecule has 2 aliphatic rings. The first-order chi connectivity index (χ1) is 14.1. The number of guanidine groups is 1. The van der Waals surface area contributed by atoms with E-state index in [0.29, 0.717) is 12.0 Å². The highest BCUT2D eigenvalue weighted by atomic mass is 16.2. The Morgan fingerprint density at radius 1 is 1.14 bits per heavy atom. The first-order valence-corrected chi connectivity index (χ1v) is 11.0. The summed E-state index contributed by atoms with van der Waals surface area (Å²) in [6.07, 6.45) is 12.3. The number of nitrogens with zero attached hydrogens (tertiary/aromatic N) is 4. The Morgan fingerprint density at radius 2 is 1.83 bits per heavy atom. The molecule has 1 aromatic rings. The Labute approximate surface area is 175 Å². The van der Waals surface area contributed by atoms with Crippen molar-refractivity contribution >= 4 is 17.6 Å². The zero-order valence-corrected chi connectivity index (χ0v) is 17.9. The van der Waals surface area contributed by atoms with Crippen molar-refractivity contribution < 1.29 is 4.79 Å². The Balaban J connectivity index is 1.49. The first kappa shape index (κ1) is 21.4. The van der Waals surface area contributed by atoms with Crippen LogP contribution in [0.4, 0.5) is 5.69 Å². The second-order valence-electron chi connectivity index (χ2n) is 8.45. The van der Waals surface area contributed by atoms with Crippen LogP contribution in [0.5, 0.6) is 0 Å². The summed E-state index contributed by atoms with van der Waals surface area (Å²) in [4.78, 5) is 24.7. The Bertz CT molecular complexity index is 649. The lowest BCUT2D eigenvalue weighted by molar-refractivity contribution is -0.127. The molecule has 1 aromatic heterocycles. The van der Waals surface area contributed by atoms with Gasteiger partial charge in [-0.1, -0.05) is 19.3 Å². The second-order valence-corrected chi connectivity index (χ2v) is 8.45. The lowest BCUT2D eigenvalue weighted by atomic mass is 9.95. The van der Waals surface area contributed by atoms with Gasteiger partial charge in [0.15, 0.2) is 5.96 Å². The molecule has 7 nitrogen and oxygen atoms in total. The monoisotopic (exact) mass is 400 g/mol. The Morgan fingerprint density at radius 3 is 2.48 bits per heavy atom. The van der Waals surface area contributed by atoms with Gasteiger partial charge in [0.25, 0.3) is 0 Å². The quantitative estimate of drug-likeness (QED) is 0.566. The van der Waals surface area contributed by atoms with Gasteiger partial charge < -0.3 is 20.4 Å². The molecular formula is C22H36N6O. The molecule has 0 radical (unpaired) electrons. The summed E-state index contributed by atoms with van der Waals surface area (Å²) in [5.41, 5.74) is 1.26. The molecule has 1 aliphatic carbocycles. The number of aliphatic imine (C=N–C) groups is 1. The predicted molar refractivity (Wildman–Crippen MR) is 118 cm³/mol. The van der Waals surface area contributed by atoms with Gasteiger partial charge in [-0.15, -0.1) is 0 Å². The van der Waals surface area contributed by atoms with E-state index in [4.69, 9.17) is 0 Å². The van der Waals surface area contributed by atoms with Gasteiger partial charge in [0.2, 0.25) is 5.91 Å². The van der Waals surface area contributed by atoms with Gasteiger partial charge in [-0.3, -0.25) is 9.78 Å². The molecule has 0 aromatic carbocycles. The SMILES string of the molecule is CN(C)C(=O)CN=C(NCC1CCN(c2ccncc2)CC1)NC1CCCCC1. The highest BCUT2D eigenvalue weighted by Gasteiger charge is 2.21. The van der Waals surface area contributed by atoms with Crippen molar-refractivity contribution in [1.29, 1.82) is 0 Å². The van der Waals surface area contributed by atoms with Gasteiger partial charge in [0.05, 0.1) is 0 Å². The minimum absolute atomic E-state index is 0.0282. The van der Waals surface area contributed by atoms with Gasteiger partial charge >= 0.3 is 0 Å². The predicted octanol–water partition coefficient (Wildman–Crippen LogP) is 2.25. The van der Waals surface area contributed by atoms with Gasteiger partial charge in [-0.05, 0) is 43.7 Å². The number of nitrogens with one attached hydrogen (secondary N) is 2. The number of anilines is 1. The number of rotatable bonds is 6. The number of carbonyl (C=O) groups is 1. The average molecular weight is 401 g/mol. The molecule has 1 amide bonds. The molecule has 3 rings (SSSR count). The van der Waals surface area contributed by atoms with Crippen LogP contribution in [0.2, 0.25) is 0 Å². The second kappa shape index (κ2) is 11.0. The number of likely N-dealkylation sites (N-methyl/N-ethyl adjacent to an activating group) is 1. The average Bonchev–Trinajstić information content (AvgIpc) is 2.77. The van der Waals surface area contributed by atoms with Crippen LogP contribution in [-0.4, -0.2) is 68.1 Å². The van der Waals surface area contributed by atoms with Gasteiger partial charge in [-0.2, -0.15) is 0 Å². The summed E-state index contributed by atoms with van der Waals surface area (Å²) in [5.74, 6) is 1.44. The van der Waals surface area contributed by atoms with Crippen molar-refractivity contribution in [2.45, 2.75) is 51.0 Å². The van der Waals surface area contributed by atoms with Crippen molar-refractivity contribution in [2.75, 3.05) is 45.2 Å². The zero-order valence-electron chi connectivity index (χ0n) is 17.9. The third-order valence-electron chi connectivity index (χ3n) is 6.02. The van der Waals surface area contributed by atoms with Crippen molar-refractivity contribution in [1.82, 2.24) is 20.5 Å². The van der Waals surface area contributed by atoms with Crippen LogP contribution < -0.4 is 15.5 Å². The minimum atomic E-state index is 0.0282. The van der Waals surface area contributed by atoms with Gasteiger partial charge in [0, 0.05) is 57.9 Å². The van der Waals surface area contributed by atoms with Crippen molar-refractivity contribution in [3.8, 4) is 0 Å². The van der Waals surface area contributed by atoms with E-state index in [1.54, 1.807) is 19.0 Å².